The van der Waals surface area contributed by atoms with Crippen LogP contribution in [0.4, 0.5) is 16.2 Å². The van der Waals surface area contributed by atoms with Crippen LogP contribution in [0.15, 0.2) is 84.4 Å². The fourth-order valence-corrected chi connectivity index (χ4v) is 3.70. The molecule has 1 heterocycles. The Morgan fingerprint density at radius 3 is 1.76 bits per heavy atom. The van der Waals surface area contributed by atoms with E-state index in [9.17, 15) is 14.4 Å². The maximum Gasteiger partial charge on any atom is 0.343 e. The first-order chi connectivity index (χ1) is 15.9. The van der Waals surface area contributed by atoms with Gasteiger partial charge in [0.1, 0.15) is 11.3 Å². The van der Waals surface area contributed by atoms with Gasteiger partial charge in [0.2, 0.25) is 0 Å². The number of hydrogen-bond donors (Lipinski definition) is 0. The second-order valence-electron chi connectivity index (χ2n) is 7.65. The first kappa shape index (κ1) is 22.3. The summed E-state index contributed by atoms with van der Waals surface area (Å²) in [4.78, 5) is 42.0. The van der Waals surface area contributed by atoms with Crippen LogP contribution in [0.1, 0.15) is 19.4 Å². The van der Waals surface area contributed by atoms with Gasteiger partial charge in [-0.3, -0.25) is 9.59 Å². The van der Waals surface area contributed by atoms with Crippen LogP contribution in [0.3, 0.4) is 0 Å². The van der Waals surface area contributed by atoms with Gasteiger partial charge in [0.15, 0.2) is 0 Å². The zero-order chi connectivity index (χ0) is 23.5. The monoisotopic (exact) mass is 460 g/mol. The molecule has 3 aromatic carbocycles. The molecular formula is C26H21ClN2O4. The largest absolute Gasteiger partial charge is 0.489 e. The van der Waals surface area contributed by atoms with Crippen molar-refractivity contribution in [3.63, 3.8) is 0 Å². The molecule has 1 aliphatic rings. The summed E-state index contributed by atoms with van der Waals surface area (Å²) in [7, 11) is 0. The molecule has 166 valence electrons. The van der Waals surface area contributed by atoms with Crippen molar-refractivity contribution in [2.75, 3.05) is 9.80 Å². The molecule has 0 saturated carbocycles. The predicted octanol–water partition coefficient (Wildman–Crippen LogP) is 5.71. The second kappa shape index (κ2) is 9.30. The van der Waals surface area contributed by atoms with Gasteiger partial charge < -0.3 is 4.74 Å². The number of benzene rings is 3. The molecule has 7 heteroatoms. The topological polar surface area (TPSA) is 66.9 Å². The third kappa shape index (κ3) is 4.52. The van der Waals surface area contributed by atoms with E-state index in [4.69, 9.17) is 16.3 Å². The normalized spacial score (nSPS) is 14.2. The first-order valence-corrected chi connectivity index (χ1v) is 10.8. The Hall–Kier alpha value is -3.90. The lowest BCUT2D eigenvalue weighted by Gasteiger charge is -2.33. The molecule has 0 bridgehead atoms. The molecule has 1 fully saturated rings. The van der Waals surface area contributed by atoms with Gasteiger partial charge in [-0.25, -0.2) is 14.6 Å². The van der Waals surface area contributed by atoms with Gasteiger partial charge >= 0.3 is 6.03 Å². The zero-order valence-electron chi connectivity index (χ0n) is 18.1. The summed E-state index contributed by atoms with van der Waals surface area (Å²) < 4.78 is 5.65. The summed E-state index contributed by atoms with van der Waals surface area (Å²) in [5, 5.41) is 0.352. The van der Waals surface area contributed by atoms with Crippen molar-refractivity contribution in [3.05, 3.63) is 95.0 Å². The molecule has 0 unspecified atom stereocenters. The SMILES string of the molecule is CC(C)Oc1ccc(C=C2C(=O)N(c3ccccc3)C(=O)N(c3ccccc3)C2=O)cc1Cl. The van der Waals surface area contributed by atoms with Crippen LogP contribution in [0, 0.1) is 0 Å². The minimum absolute atomic E-state index is 0.0573. The zero-order valence-corrected chi connectivity index (χ0v) is 18.8. The summed E-state index contributed by atoms with van der Waals surface area (Å²) in [5.74, 6) is -0.911. The van der Waals surface area contributed by atoms with Crippen molar-refractivity contribution in [2.24, 2.45) is 0 Å². The van der Waals surface area contributed by atoms with Crippen LogP contribution in [0.25, 0.3) is 6.08 Å². The molecule has 0 aromatic heterocycles. The number of imide groups is 2. The van der Waals surface area contributed by atoms with Crippen LogP contribution >= 0.6 is 11.6 Å². The summed E-state index contributed by atoms with van der Waals surface area (Å²) in [5.41, 5.74) is 1.11. The lowest BCUT2D eigenvalue weighted by Crippen LogP contribution is -2.57. The second-order valence-corrected chi connectivity index (χ2v) is 8.06. The Morgan fingerprint density at radius 1 is 0.788 bits per heavy atom. The Bertz CT molecular complexity index is 1180. The minimum atomic E-state index is -0.738. The number of carbonyl (C=O) groups excluding carboxylic acids is 3. The predicted molar refractivity (Wildman–Crippen MR) is 128 cm³/mol. The van der Waals surface area contributed by atoms with Gasteiger partial charge in [0.25, 0.3) is 11.8 Å². The summed E-state index contributed by atoms with van der Waals surface area (Å²) >= 11 is 6.34. The molecule has 6 nitrogen and oxygen atoms in total. The van der Waals surface area contributed by atoms with E-state index < -0.39 is 17.8 Å². The first-order valence-electron chi connectivity index (χ1n) is 10.4. The standard InChI is InChI=1S/C26H21ClN2O4/c1-17(2)33-23-14-13-18(16-22(23)27)15-21-24(30)28(19-9-5-3-6-10-19)26(32)29(25(21)31)20-11-7-4-8-12-20/h3-17H,1-2H3. The van der Waals surface area contributed by atoms with Crippen LogP contribution in [0.2, 0.25) is 5.02 Å². The Balaban J connectivity index is 1.81. The highest BCUT2D eigenvalue weighted by atomic mass is 35.5. The summed E-state index contributed by atoms with van der Waals surface area (Å²) in [6, 6.07) is 21.3. The average Bonchev–Trinajstić information content (AvgIpc) is 2.80. The molecule has 4 rings (SSSR count). The molecule has 0 N–H and O–H groups in total. The Morgan fingerprint density at radius 2 is 1.30 bits per heavy atom. The van der Waals surface area contributed by atoms with Crippen LogP contribution in [-0.4, -0.2) is 23.9 Å². The van der Waals surface area contributed by atoms with E-state index in [1.165, 1.54) is 6.08 Å². The molecule has 0 aliphatic carbocycles. The van der Waals surface area contributed by atoms with Crippen LogP contribution in [0.5, 0.6) is 5.75 Å². The number of amides is 4. The van der Waals surface area contributed by atoms with Crippen molar-refractivity contribution in [2.45, 2.75) is 20.0 Å². The van der Waals surface area contributed by atoms with Crippen molar-refractivity contribution >= 4 is 46.9 Å². The van der Waals surface area contributed by atoms with Gasteiger partial charge in [-0.15, -0.1) is 0 Å². The van der Waals surface area contributed by atoms with E-state index in [2.05, 4.69) is 0 Å². The number of halogens is 1. The van der Waals surface area contributed by atoms with E-state index in [-0.39, 0.29) is 11.7 Å². The molecule has 3 aromatic rings. The fraction of sp³-hybridized carbons (Fsp3) is 0.115. The quantitative estimate of drug-likeness (QED) is 0.361. The van der Waals surface area contributed by atoms with E-state index >= 15 is 0 Å². The van der Waals surface area contributed by atoms with E-state index in [0.717, 1.165) is 9.80 Å². The molecule has 1 aliphatic heterocycles. The lowest BCUT2D eigenvalue weighted by molar-refractivity contribution is -0.121. The van der Waals surface area contributed by atoms with Crippen molar-refractivity contribution < 1.29 is 19.1 Å². The number of para-hydroxylation sites is 2. The molecule has 4 amide bonds. The smallest absolute Gasteiger partial charge is 0.343 e. The molecular weight excluding hydrogens is 440 g/mol. The minimum Gasteiger partial charge on any atom is -0.489 e. The van der Waals surface area contributed by atoms with Gasteiger partial charge in [0, 0.05) is 0 Å². The van der Waals surface area contributed by atoms with Gasteiger partial charge in [-0.05, 0) is 61.9 Å². The van der Waals surface area contributed by atoms with Gasteiger partial charge in [-0.2, -0.15) is 0 Å². The highest BCUT2D eigenvalue weighted by molar-refractivity contribution is 6.46. The van der Waals surface area contributed by atoms with E-state index in [0.29, 0.717) is 27.7 Å². The van der Waals surface area contributed by atoms with Gasteiger partial charge in [-0.1, -0.05) is 54.1 Å². The number of carbonyl (C=O) groups is 3. The number of ether oxygens (including phenoxy) is 1. The highest BCUT2D eigenvalue weighted by Gasteiger charge is 2.43. The third-order valence-electron chi connectivity index (χ3n) is 4.91. The number of hydrogen-bond acceptors (Lipinski definition) is 4. The Kier molecular flexibility index (Phi) is 6.29. The maximum absolute atomic E-state index is 13.4. The molecule has 0 atom stereocenters. The molecule has 0 spiro atoms. The number of barbiturate groups is 1. The lowest BCUT2D eigenvalue weighted by atomic mass is 10.0. The average molecular weight is 461 g/mol. The summed E-state index contributed by atoms with van der Waals surface area (Å²) in [6.07, 6.45) is 1.38. The number of nitrogens with zero attached hydrogens (tertiary/aromatic N) is 2. The van der Waals surface area contributed by atoms with Gasteiger partial charge in [0.05, 0.1) is 22.5 Å². The van der Waals surface area contributed by atoms with Crippen LogP contribution < -0.4 is 14.5 Å². The van der Waals surface area contributed by atoms with Crippen molar-refractivity contribution in [3.8, 4) is 5.75 Å². The number of urea groups is 1. The Labute approximate surface area is 196 Å². The van der Waals surface area contributed by atoms with E-state index in [1.54, 1.807) is 78.9 Å². The number of anilines is 2. The van der Waals surface area contributed by atoms with E-state index in [1.807, 2.05) is 13.8 Å². The van der Waals surface area contributed by atoms with Crippen molar-refractivity contribution in [1.29, 1.82) is 0 Å². The maximum atomic E-state index is 13.4. The third-order valence-corrected chi connectivity index (χ3v) is 5.20. The fourth-order valence-electron chi connectivity index (χ4n) is 3.46. The highest BCUT2D eigenvalue weighted by Crippen LogP contribution is 2.31. The molecule has 1 saturated heterocycles. The summed E-state index contributed by atoms with van der Waals surface area (Å²) in [6.45, 7) is 3.78. The molecule has 33 heavy (non-hydrogen) atoms. The van der Waals surface area contributed by atoms with Crippen LogP contribution in [-0.2, 0) is 9.59 Å². The molecule has 0 radical (unpaired) electrons. The van der Waals surface area contributed by atoms with Crippen molar-refractivity contribution in [1.82, 2.24) is 0 Å². The number of rotatable bonds is 5.